The first kappa shape index (κ1) is 12.2. The van der Waals surface area contributed by atoms with Gasteiger partial charge < -0.3 is 10.6 Å². The lowest BCUT2D eigenvalue weighted by Gasteiger charge is -2.35. The maximum Gasteiger partial charge on any atom is 0.152 e. The third-order valence-corrected chi connectivity index (χ3v) is 3.84. The molecule has 1 aromatic heterocycles. The summed E-state index contributed by atoms with van der Waals surface area (Å²) < 4.78 is 0. The number of aryl methyl sites for hydroxylation is 1. The van der Waals surface area contributed by atoms with Gasteiger partial charge in [0.2, 0.25) is 0 Å². The fourth-order valence-corrected chi connectivity index (χ4v) is 2.76. The molecule has 2 atom stereocenters. The summed E-state index contributed by atoms with van der Waals surface area (Å²) in [6.07, 6.45) is 5.20. The third-order valence-electron chi connectivity index (χ3n) is 3.84. The number of aromatic nitrogens is 1. The molecule has 0 saturated heterocycles. The number of anilines is 2. The van der Waals surface area contributed by atoms with E-state index in [4.69, 9.17) is 5.73 Å². The molecule has 0 radical (unpaired) electrons. The number of hydrogen-bond acceptors (Lipinski definition) is 3. The summed E-state index contributed by atoms with van der Waals surface area (Å²) in [4.78, 5) is 6.85. The largest absolute Gasteiger partial charge is 0.396 e. The maximum absolute atomic E-state index is 6.03. The molecular weight excluding hydrogens is 210 g/mol. The standard InChI is InChI=1S/C14H23N3/c1-10-5-4-6-12(9-10)17(3)14-13(15)8-7-11(2)16-14/h7-8,10,12H,4-6,9,15H2,1-3H3. The van der Waals surface area contributed by atoms with Crippen molar-refractivity contribution in [2.75, 3.05) is 17.7 Å². The van der Waals surface area contributed by atoms with Crippen LogP contribution in [0.1, 0.15) is 38.3 Å². The predicted octanol–water partition coefficient (Wildman–Crippen LogP) is 2.99. The predicted molar refractivity (Wildman–Crippen MR) is 73.2 cm³/mol. The Labute approximate surface area is 104 Å². The second kappa shape index (κ2) is 4.94. The van der Waals surface area contributed by atoms with Crippen molar-refractivity contribution in [1.29, 1.82) is 0 Å². The van der Waals surface area contributed by atoms with Crippen molar-refractivity contribution in [2.24, 2.45) is 5.92 Å². The molecular formula is C14H23N3. The minimum absolute atomic E-state index is 0.593. The number of rotatable bonds is 2. The van der Waals surface area contributed by atoms with E-state index in [0.29, 0.717) is 6.04 Å². The number of hydrogen-bond donors (Lipinski definition) is 1. The zero-order chi connectivity index (χ0) is 12.4. The Morgan fingerprint density at radius 1 is 1.35 bits per heavy atom. The third kappa shape index (κ3) is 2.71. The maximum atomic E-state index is 6.03. The van der Waals surface area contributed by atoms with Gasteiger partial charge in [-0.2, -0.15) is 0 Å². The summed E-state index contributed by atoms with van der Waals surface area (Å²) in [5.74, 6) is 1.77. The Bertz CT molecular complexity index is 389. The van der Waals surface area contributed by atoms with Crippen molar-refractivity contribution in [1.82, 2.24) is 4.98 Å². The minimum atomic E-state index is 0.593. The van der Waals surface area contributed by atoms with Crippen molar-refractivity contribution < 1.29 is 0 Å². The van der Waals surface area contributed by atoms with E-state index in [1.54, 1.807) is 0 Å². The second-order valence-corrected chi connectivity index (χ2v) is 5.40. The van der Waals surface area contributed by atoms with Gasteiger partial charge in [0.1, 0.15) is 0 Å². The Morgan fingerprint density at radius 2 is 2.12 bits per heavy atom. The SMILES string of the molecule is Cc1ccc(N)c(N(C)C2CCCC(C)C2)n1. The van der Waals surface area contributed by atoms with Gasteiger partial charge in [-0.15, -0.1) is 0 Å². The highest BCUT2D eigenvalue weighted by atomic mass is 15.2. The van der Waals surface area contributed by atoms with Crippen LogP contribution >= 0.6 is 0 Å². The normalized spacial score (nSPS) is 24.6. The van der Waals surface area contributed by atoms with Gasteiger partial charge in [0.25, 0.3) is 0 Å². The molecule has 0 aromatic carbocycles. The lowest BCUT2D eigenvalue weighted by atomic mass is 9.86. The van der Waals surface area contributed by atoms with Crippen LogP contribution in [0.25, 0.3) is 0 Å². The van der Waals surface area contributed by atoms with E-state index in [9.17, 15) is 0 Å². The molecule has 2 N–H and O–H groups in total. The molecule has 2 unspecified atom stereocenters. The number of nitrogen functional groups attached to an aromatic ring is 1. The average Bonchev–Trinajstić information content (AvgIpc) is 2.31. The Morgan fingerprint density at radius 3 is 2.82 bits per heavy atom. The fourth-order valence-electron chi connectivity index (χ4n) is 2.76. The van der Waals surface area contributed by atoms with E-state index in [0.717, 1.165) is 23.1 Å². The minimum Gasteiger partial charge on any atom is -0.396 e. The summed E-state index contributed by atoms with van der Waals surface area (Å²) >= 11 is 0. The van der Waals surface area contributed by atoms with Crippen molar-refractivity contribution in [3.63, 3.8) is 0 Å². The van der Waals surface area contributed by atoms with Crippen molar-refractivity contribution in [3.05, 3.63) is 17.8 Å². The van der Waals surface area contributed by atoms with E-state index in [2.05, 4.69) is 23.9 Å². The first-order valence-electron chi connectivity index (χ1n) is 6.54. The summed E-state index contributed by atoms with van der Waals surface area (Å²) in [5.41, 5.74) is 7.85. The van der Waals surface area contributed by atoms with Crippen LogP contribution in [0, 0.1) is 12.8 Å². The zero-order valence-corrected chi connectivity index (χ0v) is 11.1. The molecule has 1 aliphatic carbocycles. The van der Waals surface area contributed by atoms with Gasteiger partial charge in [-0.3, -0.25) is 0 Å². The first-order valence-corrected chi connectivity index (χ1v) is 6.54. The lowest BCUT2D eigenvalue weighted by Crippen LogP contribution is -2.36. The Balaban J connectivity index is 2.18. The van der Waals surface area contributed by atoms with Crippen LogP contribution in [-0.2, 0) is 0 Å². The molecule has 0 amide bonds. The molecule has 2 rings (SSSR count). The molecule has 1 fully saturated rings. The Kier molecular flexibility index (Phi) is 3.55. The second-order valence-electron chi connectivity index (χ2n) is 5.40. The number of nitrogens with zero attached hydrogens (tertiary/aromatic N) is 2. The summed E-state index contributed by atoms with van der Waals surface area (Å²) in [5, 5.41) is 0. The molecule has 1 aliphatic rings. The van der Waals surface area contributed by atoms with E-state index < -0.39 is 0 Å². The number of nitrogens with two attached hydrogens (primary N) is 1. The zero-order valence-electron chi connectivity index (χ0n) is 11.1. The van der Waals surface area contributed by atoms with E-state index >= 15 is 0 Å². The quantitative estimate of drug-likeness (QED) is 0.854. The van der Waals surface area contributed by atoms with Gasteiger partial charge >= 0.3 is 0 Å². The van der Waals surface area contributed by atoms with Gasteiger partial charge in [-0.25, -0.2) is 4.98 Å². The molecule has 3 nitrogen and oxygen atoms in total. The number of pyridine rings is 1. The molecule has 1 saturated carbocycles. The summed E-state index contributed by atoms with van der Waals surface area (Å²) in [6, 6.07) is 4.52. The monoisotopic (exact) mass is 233 g/mol. The molecule has 94 valence electrons. The van der Waals surface area contributed by atoms with Crippen LogP contribution in [0.3, 0.4) is 0 Å². The van der Waals surface area contributed by atoms with Crippen LogP contribution in [0.4, 0.5) is 11.5 Å². The highest BCUT2D eigenvalue weighted by Gasteiger charge is 2.24. The average molecular weight is 233 g/mol. The molecule has 3 heteroatoms. The van der Waals surface area contributed by atoms with Gasteiger partial charge in [0.15, 0.2) is 5.82 Å². The highest BCUT2D eigenvalue weighted by Crippen LogP contribution is 2.31. The van der Waals surface area contributed by atoms with Gasteiger partial charge in [-0.1, -0.05) is 19.8 Å². The highest BCUT2D eigenvalue weighted by molar-refractivity contribution is 5.63. The van der Waals surface area contributed by atoms with Gasteiger partial charge in [0, 0.05) is 18.8 Å². The van der Waals surface area contributed by atoms with Crippen LogP contribution in [-0.4, -0.2) is 18.1 Å². The molecule has 0 spiro atoms. The van der Waals surface area contributed by atoms with E-state index in [-0.39, 0.29) is 0 Å². The van der Waals surface area contributed by atoms with Crippen molar-refractivity contribution >= 4 is 11.5 Å². The first-order chi connectivity index (χ1) is 8.08. The summed E-state index contributed by atoms with van der Waals surface area (Å²) in [6.45, 7) is 4.35. The van der Waals surface area contributed by atoms with E-state index in [1.165, 1.54) is 25.7 Å². The molecule has 1 heterocycles. The summed E-state index contributed by atoms with van der Waals surface area (Å²) in [7, 11) is 2.13. The van der Waals surface area contributed by atoms with Gasteiger partial charge in [-0.05, 0) is 37.8 Å². The lowest BCUT2D eigenvalue weighted by molar-refractivity contribution is 0.335. The topological polar surface area (TPSA) is 42.1 Å². The molecule has 0 aliphatic heterocycles. The van der Waals surface area contributed by atoms with Crippen LogP contribution in [0.15, 0.2) is 12.1 Å². The Hall–Kier alpha value is -1.25. The van der Waals surface area contributed by atoms with Crippen molar-refractivity contribution in [3.8, 4) is 0 Å². The fraction of sp³-hybridized carbons (Fsp3) is 0.643. The molecule has 0 bridgehead atoms. The van der Waals surface area contributed by atoms with Crippen molar-refractivity contribution in [2.45, 2.75) is 45.6 Å². The smallest absolute Gasteiger partial charge is 0.152 e. The van der Waals surface area contributed by atoms with E-state index in [1.807, 2.05) is 19.1 Å². The van der Waals surface area contributed by atoms with Crippen LogP contribution in [0.2, 0.25) is 0 Å². The van der Waals surface area contributed by atoms with Crippen LogP contribution in [0.5, 0.6) is 0 Å². The molecule has 1 aromatic rings. The van der Waals surface area contributed by atoms with Gasteiger partial charge in [0.05, 0.1) is 5.69 Å². The molecule has 17 heavy (non-hydrogen) atoms. The van der Waals surface area contributed by atoms with Crippen LogP contribution < -0.4 is 10.6 Å².